The van der Waals surface area contributed by atoms with E-state index in [9.17, 15) is 17.6 Å². The molecule has 27 heavy (non-hydrogen) atoms. The number of hydrogen-bond acceptors (Lipinski definition) is 6. The number of benzene rings is 2. The van der Waals surface area contributed by atoms with E-state index in [4.69, 9.17) is 0 Å². The highest BCUT2D eigenvalue weighted by atomic mass is 32.2. The molecule has 0 aliphatic rings. The van der Waals surface area contributed by atoms with Crippen LogP contribution in [0, 0.1) is 5.82 Å². The molecule has 0 unspecified atom stereocenters. The third-order valence-electron chi connectivity index (χ3n) is 3.49. The number of aromatic nitrogens is 4. The summed E-state index contributed by atoms with van der Waals surface area (Å²) in [5.74, 6) is -0.527. The molecule has 0 aliphatic heterocycles. The third kappa shape index (κ3) is 4.51. The normalized spacial score (nSPS) is 11.3. The second-order valence-corrected chi connectivity index (χ2v) is 7.28. The quantitative estimate of drug-likeness (QED) is 0.654. The number of hydrogen-bond donors (Lipinski definition) is 2. The molecule has 0 aliphatic carbocycles. The van der Waals surface area contributed by atoms with Crippen molar-refractivity contribution < 1.29 is 17.6 Å². The van der Waals surface area contributed by atoms with Gasteiger partial charge in [0.2, 0.25) is 15.9 Å². The highest BCUT2D eigenvalue weighted by Gasteiger charge is 2.17. The molecule has 2 aromatic carbocycles. The van der Waals surface area contributed by atoms with Crippen molar-refractivity contribution in [3.8, 4) is 5.69 Å². The van der Waals surface area contributed by atoms with Crippen LogP contribution in [-0.4, -0.2) is 34.5 Å². The molecule has 3 rings (SSSR count). The minimum Gasteiger partial charge on any atom is -0.326 e. The van der Waals surface area contributed by atoms with E-state index >= 15 is 0 Å². The number of carbonyl (C=O) groups excluding carboxylic acids is 1. The van der Waals surface area contributed by atoms with Gasteiger partial charge in [0, 0.05) is 12.6 Å². The first-order valence-corrected chi connectivity index (χ1v) is 9.24. The molecule has 0 bridgehead atoms. The van der Waals surface area contributed by atoms with Gasteiger partial charge in [0.25, 0.3) is 0 Å². The summed E-state index contributed by atoms with van der Waals surface area (Å²) in [5, 5.41) is 13.6. The lowest BCUT2D eigenvalue weighted by atomic mass is 10.3. The number of sulfonamides is 1. The SMILES string of the molecule is CC(=O)Nc1ccc(S(=O)(=O)NCc2nnnn2-c2cccc(F)c2)cc1. The van der Waals surface area contributed by atoms with Crippen LogP contribution in [-0.2, 0) is 21.4 Å². The van der Waals surface area contributed by atoms with E-state index < -0.39 is 15.8 Å². The molecule has 3 aromatic rings. The summed E-state index contributed by atoms with van der Waals surface area (Å²) in [7, 11) is -3.83. The van der Waals surface area contributed by atoms with E-state index in [1.54, 1.807) is 6.07 Å². The molecule has 2 N–H and O–H groups in total. The Labute approximate surface area is 154 Å². The van der Waals surface area contributed by atoms with Crippen LogP contribution in [0.4, 0.5) is 10.1 Å². The van der Waals surface area contributed by atoms with Gasteiger partial charge in [-0.2, -0.15) is 4.68 Å². The van der Waals surface area contributed by atoms with Gasteiger partial charge in [-0.05, 0) is 52.9 Å². The molecule has 11 heteroatoms. The number of carbonyl (C=O) groups is 1. The fourth-order valence-corrected chi connectivity index (χ4v) is 3.27. The molecule has 0 saturated carbocycles. The first-order chi connectivity index (χ1) is 12.8. The Morgan fingerprint density at radius 1 is 1.19 bits per heavy atom. The Morgan fingerprint density at radius 2 is 1.93 bits per heavy atom. The van der Waals surface area contributed by atoms with Gasteiger partial charge in [-0.25, -0.2) is 17.5 Å². The van der Waals surface area contributed by atoms with Crippen molar-refractivity contribution in [2.24, 2.45) is 0 Å². The van der Waals surface area contributed by atoms with Crippen molar-refractivity contribution in [1.29, 1.82) is 0 Å². The molecule has 1 amide bonds. The van der Waals surface area contributed by atoms with Crippen LogP contribution < -0.4 is 10.0 Å². The summed E-state index contributed by atoms with van der Waals surface area (Å²) in [6.45, 7) is 1.16. The number of anilines is 1. The Bertz CT molecular complexity index is 1070. The van der Waals surface area contributed by atoms with Gasteiger partial charge in [0.05, 0.1) is 17.1 Å². The van der Waals surface area contributed by atoms with Gasteiger partial charge in [0.15, 0.2) is 5.82 Å². The van der Waals surface area contributed by atoms with Gasteiger partial charge in [-0.3, -0.25) is 4.79 Å². The summed E-state index contributed by atoms with van der Waals surface area (Å²) in [5.41, 5.74) is 0.852. The summed E-state index contributed by atoms with van der Waals surface area (Å²) in [6, 6.07) is 11.3. The zero-order valence-corrected chi connectivity index (χ0v) is 14.9. The van der Waals surface area contributed by atoms with Crippen molar-refractivity contribution in [2.45, 2.75) is 18.4 Å². The van der Waals surface area contributed by atoms with Gasteiger partial charge < -0.3 is 5.32 Å². The summed E-state index contributed by atoms with van der Waals surface area (Å²) in [6.07, 6.45) is 0. The second kappa shape index (κ2) is 7.60. The average molecular weight is 390 g/mol. The minimum absolute atomic E-state index is 0.0152. The Kier molecular flexibility index (Phi) is 5.23. The predicted molar refractivity (Wildman–Crippen MR) is 93.9 cm³/mol. The van der Waals surface area contributed by atoms with Crippen LogP contribution in [0.3, 0.4) is 0 Å². The molecule has 140 valence electrons. The van der Waals surface area contributed by atoms with E-state index in [1.165, 1.54) is 54.1 Å². The maximum atomic E-state index is 13.4. The lowest BCUT2D eigenvalue weighted by Gasteiger charge is -2.08. The molecule has 1 aromatic heterocycles. The fourth-order valence-electron chi connectivity index (χ4n) is 2.29. The van der Waals surface area contributed by atoms with E-state index in [2.05, 4.69) is 25.6 Å². The summed E-state index contributed by atoms with van der Waals surface area (Å²) in [4.78, 5) is 11.0. The zero-order chi connectivity index (χ0) is 19.4. The molecule has 0 fully saturated rings. The predicted octanol–water partition coefficient (Wildman–Crippen LogP) is 1.24. The first-order valence-electron chi connectivity index (χ1n) is 7.76. The monoisotopic (exact) mass is 390 g/mol. The van der Waals surface area contributed by atoms with Gasteiger partial charge >= 0.3 is 0 Å². The van der Waals surface area contributed by atoms with Crippen LogP contribution in [0.1, 0.15) is 12.7 Å². The molecule has 0 radical (unpaired) electrons. The third-order valence-corrected chi connectivity index (χ3v) is 4.91. The minimum atomic E-state index is -3.83. The van der Waals surface area contributed by atoms with E-state index in [-0.39, 0.29) is 23.2 Å². The molecule has 0 saturated heterocycles. The summed E-state index contributed by atoms with van der Waals surface area (Å²) < 4.78 is 41.9. The number of rotatable bonds is 6. The van der Waals surface area contributed by atoms with Crippen LogP contribution >= 0.6 is 0 Å². The first kappa shape index (κ1) is 18.6. The standard InChI is InChI=1S/C16H15FN6O3S/c1-11(24)19-13-5-7-15(8-6-13)27(25,26)18-10-16-20-21-22-23(16)14-4-2-3-12(17)9-14/h2-9,18H,10H2,1H3,(H,19,24). The topological polar surface area (TPSA) is 119 Å². The van der Waals surface area contributed by atoms with Crippen LogP contribution in [0.25, 0.3) is 5.69 Å². The fraction of sp³-hybridized carbons (Fsp3) is 0.125. The molecule has 9 nitrogen and oxygen atoms in total. The molecule has 0 spiro atoms. The van der Waals surface area contributed by atoms with Crippen molar-refractivity contribution in [3.63, 3.8) is 0 Å². The highest BCUT2D eigenvalue weighted by molar-refractivity contribution is 7.89. The number of nitrogens with one attached hydrogen (secondary N) is 2. The molecular formula is C16H15FN6O3S. The van der Waals surface area contributed by atoms with Crippen molar-refractivity contribution in [1.82, 2.24) is 24.9 Å². The smallest absolute Gasteiger partial charge is 0.240 e. The van der Waals surface area contributed by atoms with Gasteiger partial charge in [0.1, 0.15) is 5.82 Å². The Morgan fingerprint density at radius 3 is 2.59 bits per heavy atom. The van der Waals surface area contributed by atoms with Crippen molar-refractivity contribution in [3.05, 3.63) is 60.2 Å². The molecule has 0 atom stereocenters. The maximum Gasteiger partial charge on any atom is 0.240 e. The van der Waals surface area contributed by atoms with E-state index in [1.807, 2.05) is 0 Å². The lowest BCUT2D eigenvalue weighted by molar-refractivity contribution is -0.114. The molecule has 1 heterocycles. The number of halogens is 1. The van der Waals surface area contributed by atoms with E-state index in [0.717, 1.165) is 0 Å². The number of amides is 1. The maximum absolute atomic E-state index is 13.4. The Hall–Kier alpha value is -3.18. The molecular weight excluding hydrogens is 375 g/mol. The average Bonchev–Trinajstić information content (AvgIpc) is 3.09. The highest BCUT2D eigenvalue weighted by Crippen LogP contribution is 2.15. The largest absolute Gasteiger partial charge is 0.326 e. The van der Waals surface area contributed by atoms with E-state index in [0.29, 0.717) is 11.4 Å². The Balaban J connectivity index is 1.75. The summed E-state index contributed by atoms with van der Waals surface area (Å²) >= 11 is 0. The lowest BCUT2D eigenvalue weighted by Crippen LogP contribution is -2.25. The number of tetrazole rings is 1. The van der Waals surface area contributed by atoms with Crippen molar-refractivity contribution in [2.75, 3.05) is 5.32 Å². The number of nitrogens with zero attached hydrogens (tertiary/aromatic N) is 4. The van der Waals surface area contributed by atoms with Crippen molar-refractivity contribution >= 4 is 21.6 Å². The van der Waals surface area contributed by atoms with Gasteiger partial charge in [-0.15, -0.1) is 5.10 Å². The van der Waals surface area contributed by atoms with Crippen LogP contribution in [0.2, 0.25) is 0 Å². The van der Waals surface area contributed by atoms with Crippen LogP contribution in [0.15, 0.2) is 53.4 Å². The van der Waals surface area contributed by atoms with Crippen LogP contribution in [0.5, 0.6) is 0 Å². The second-order valence-electron chi connectivity index (χ2n) is 5.52. The zero-order valence-electron chi connectivity index (χ0n) is 14.1. The van der Waals surface area contributed by atoms with Gasteiger partial charge in [-0.1, -0.05) is 6.07 Å².